The van der Waals surface area contributed by atoms with Gasteiger partial charge < -0.3 is 4.74 Å². The second kappa shape index (κ2) is 5.48. The van der Waals surface area contributed by atoms with E-state index in [9.17, 15) is 4.79 Å². The van der Waals surface area contributed by atoms with Crippen molar-refractivity contribution in [2.24, 2.45) is 0 Å². The molecule has 0 aromatic carbocycles. The maximum absolute atomic E-state index is 11.2. The fourth-order valence-corrected chi connectivity index (χ4v) is 1.77. The van der Waals surface area contributed by atoms with Gasteiger partial charge in [0.25, 0.3) is 0 Å². The number of esters is 1. The van der Waals surface area contributed by atoms with Crippen LogP contribution in [0.5, 0.6) is 0 Å². The van der Waals surface area contributed by atoms with Crippen LogP contribution in [0.3, 0.4) is 0 Å². The molecule has 2 nitrogen and oxygen atoms in total. The third kappa shape index (κ3) is 4.51. The summed E-state index contributed by atoms with van der Waals surface area (Å²) >= 11 is 5.69. The number of alkyl halides is 1. The molecule has 1 saturated carbocycles. The highest BCUT2D eigenvalue weighted by Gasteiger charge is 2.18. The molecule has 0 aromatic rings. The second-order valence-electron chi connectivity index (χ2n) is 3.73. The minimum atomic E-state index is -0.144. The molecule has 0 aliphatic heterocycles. The Morgan fingerprint density at radius 1 is 1.46 bits per heavy atom. The van der Waals surface area contributed by atoms with Crippen LogP contribution in [-0.4, -0.2) is 17.5 Å². The van der Waals surface area contributed by atoms with Crippen LogP contribution in [0.15, 0.2) is 0 Å². The van der Waals surface area contributed by atoms with E-state index in [-0.39, 0.29) is 17.5 Å². The van der Waals surface area contributed by atoms with E-state index in [1.165, 1.54) is 19.3 Å². The van der Waals surface area contributed by atoms with Crippen molar-refractivity contribution in [1.29, 1.82) is 0 Å². The van der Waals surface area contributed by atoms with E-state index in [0.717, 1.165) is 12.8 Å². The summed E-state index contributed by atoms with van der Waals surface area (Å²) in [5.74, 6) is -0.144. The second-order valence-corrected chi connectivity index (χ2v) is 4.48. The molecule has 0 heterocycles. The van der Waals surface area contributed by atoms with Crippen LogP contribution in [0.1, 0.15) is 45.4 Å². The average Bonchev–Trinajstić information content (AvgIpc) is 2.04. The summed E-state index contributed by atoms with van der Waals surface area (Å²) in [4.78, 5) is 11.2. The topological polar surface area (TPSA) is 26.3 Å². The average molecular weight is 205 g/mol. The first-order valence-electron chi connectivity index (χ1n) is 5.02. The van der Waals surface area contributed by atoms with Crippen molar-refractivity contribution in [3.05, 3.63) is 0 Å². The van der Waals surface area contributed by atoms with Gasteiger partial charge in [-0.05, 0) is 32.6 Å². The minimum absolute atomic E-state index is 0.115. The molecule has 0 saturated heterocycles. The van der Waals surface area contributed by atoms with E-state index >= 15 is 0 Å². The van der Waals surface area contributed by atoms with Gasteiger partial charge in [-0.1, -0.05) is 6.42 Å². The first kappa shape index (κ1) is 10.8. The predicted octanol–water partition coefficient (Wildman–Crippen LogP) is 2.88. The maximum Gasteiger partial charge on any atom is 0.307 e. The third-order valence-electron chi connectivity index (χ3n) is 2.30. The zero-order valence-corrected chi connectivity index (χ0v) is 8.85. The smallest absolute Gasteiger partial charge is 0.307 e. The molecule has 0 radical (unpaired) electrons. The Morgan fingerprint density at radius 2 is 2.08 bits per heavy atom. The highest BCUT2D eigenvalue weighted by atomic mass is 35.5. The Kier molecular flexibility index (Phi) is 4.57. The SMILES string of the molecule is CC(Cl)CC(=O)OC1CCCCC1. The van der Waals surface area contributed by atoms with Crippen LogP contribution in [0, 0.1) is 0 Å². The van der Waals surface area contributed by atoms with E-state index < -0.39 is 0 Å². The zero-order valence-electron chi connectivity index (χ0n) is 8.09. The number of hydrogen-bond acceptors (Lipinski definition) is 2. The van der Waals surface area contributed by atoms with Gasteiger partial charge in [-0.25, -0.2) is 0 Å². The van der Waals surface area contributed by atoms with Gasteiger partial charge in [0.1, 0.15) is 6.10 Å². The molecular formula is C10H17ClO2. The Balaban J connectivity index is 2.18. The van der Waals surface area contributed by atoms with Crippen molar-refractivity contribution >= 4 is 17.6 Å². The van der Waals surface area contributed by atoms with Crippen molar-refractivity contribution < 1.29 is 9.53 Å². The molecule has 1 atom stereocenters. The number of halogens is 1. The lowest BCUT2D eigenvalue weighted by Crippen LogP contribution is -2.22. The van der Waals surface area contributed by atoms with Gasteiger partial charge in [-0.3, -0.25) is 4.79 Å². The van der Waals surface area contributed by atoms with Crippen molar-refractivity contribution in [3.63, 3.8) is 0 Å². The van der Waals surface area contributed by atoms with Gasteiger partial charge in [-0.15, -0.1) is 11.6 Å². The molecule has 1 rings (SSSR count). The van der Waals surface area contributed by atoms with Crippen LogP contribution in [-0.2, 0) is 9.53 Å². The Bertz CT molecular complexity index is 162. The van der Waals surface area contributed by atoms with Crippen LogP contribution < -0.4 is 0 Å². The zero-order chi connectivity index (χ0) is 9.68. The number of hydrogen-bond donors (Lipinski definition) is 0. The van der Waals surface area contributed by atoms with Crippen molar-refractivity contribution in [1.82, 2.24) is 0 Å². The monoisotopic (exact) mass is 204 g/mol. The molecule has 76 valence electrons. The lowest BCUT2D eigenvalue weighted by Gasteiger charge is -2.21. The van der Waals surface area contributed by atoms with Crippen LogP contribution in [0.2, 0.25) is 0 Å². The molecule has 0 bridgehead atoms. The van der Waals surface area contributed by atoms with E-state index in [1.807, 2.05) is 6.92 Å². The fourth-order valence-electron chi connectivity index (χ4n) is 1.65. The first-order valence-corrected chi connectivity index (χ1v) is 5.45. The van der Waals surface area contributed by atoms with E-state index in [1.54, 1.807) is 0 Å². The van der Waals surface area contributed by atoms with Crippen LogP contribution >= 0.6 is 11.6 Å². The van der Waals surface area contributed by atoms with E-state index in [0.29, 0.717) is 6.42 Å². The van der Waals surface area contributed by atoms with Gasteiger partial charge in [0.2, 0.25) is 0 Å². The van der Waals surface area contributed by atoms with Crippen molar-refractivity contribution in [3.8, 4) is 0 Å². The molecule has 1 aliphatic carbocycles. The van der Waals surface area contributed by atoms with E-state index in [4.69, 9.17) is 16.3 Å². The number of ether oxygens (including phenoxy) is 1. The summed E-state index contributed by atoms with van der Waals surface area (Å²) in [6.07, 6.45) is 6.21. The van der Waals surface area contributed by atoms with Gasteiger partial charge >= 0.3 is 5.97 Å². The number of carbonyl (C=O) groups excluding carboxylic acids is 1. The van der Waals surface area contributed by atoms with Gasteiger partial charge in [0, 0.05) is 5.38 Å². The summed E-state index contributed by atoms with van der Waals surface area (Å²) in [6.45, 7) is 1.81. The Labute approximate surface area is 84.6 Å². The molecule has 13 heavy (non-hydrogen) atoms. The van der Waals surface area contributed by atoms with Gasteiger partial charge in [-0.2, -0.15) is 0 Å². The quantitative estimate of drug-likeness (QED) is 0.522. The van der Waals surface area contributed by atoms with Crippen molar-refractivity contribution in [2.75, 3.05) is 0 Å². The third-order valence-corrected chi connectivity index (χ3v) is 2.45. The Hall–Kier alpha value is -0.240. The van der Waals surface area contributed by atoms with E-state index in [2.05, 4.69) is 0 Å². The fraction of sp³-hybridized carbons (Fsp3) is 0.900. The molecule has 0 N–H and O–H groups in total. The number of carbonyl (C=O) groups is 1. The van der Waals surface area contributed by atoms with Crippen molar-refractivity contribution in [2.45, 2.75) is 56.9 Å². The lowest BCUT2D eigenvalue weighted by molar-refractivity contribution is -0.150. The number of rotatable bonds is 3. The van der Waals surface area contributed by atoms with Crippen LogP contribution in [0.4, 0.5) is 0 Å². The maximum atomic E-state index is 11.2. The predicted molar refractivity (Wildman–Crippen MR) is 52.9 cm³/mol. The minimum Gasteiger partial charge on any atom is -0.462 e. The molecule has 3 heteroatoms. The van der Waals surface area contributed by atoms with Crippen LogP contribution in [0.25, 0.3) is 0 Å². The summed E-state index contributed by atoms with van der Waals surface area (Å²) in [6, 6.07) is 0. The normalized spacial score (nSPS) is 21.1. The summed E-state index contributed by atoms with van der Waals surface area (Å²) in [7, 11) is 0. The molecule has 0 aromatic heterocycles. The molecule has 0 amide bonds. The standard InChI is InChI=1S/C10H17ClO2/c1-8(11)7-10(12)13-9-5-3-2-4-6-9/h8-9H,2-7H2,1H3. The lowest BCUT2D eigenvalue weighted by atomic mass is 9.98. The summed E-state index contributed by atoms with van der Waals surface area (Å²) in [5.41, 5.74) is 0. The van der Waals surface area contributed by atoms with Gasteiger partial charge in [0.05, 0.1) is 6.42 Å². The highest BCUT2D eigenvalue weighted by Crippen LogP contribution is 2.21. The van der Waals surface area contributed by atoms with Gasteiger partial charge in [0.15, 0.2) is 0 Å². The summed E-state index contributed by atoms with van der Waals surface area (Å²) in [5, 5.41) is -0.115. The largest absolute Gasteiger partial charge is 0.462 e. The molecule has 1 aliphatic rings. The first-order chi connectivity index (χ1) is 6.18. The Morgan fingerprint density at radius 3 is 2.62 bits per heavy atom. The highest BCUT2D eigenvalue weighted by molar-refractivity contribution is 6.21. The molecule has 1 fully saturated rings. The molecule has 1 unspecified atom stereocenters. The summed E-state index contributed by atoms with van der Waals surface area (Å²) < 4.78 is 5.28. The molecule has 0 spiro atoms. The molecular weight excluding hydrogens is 188 g/mol.